The van der Waals surface area contributed by atoms with Crippen LogP contribution in [-0.2, 0) is 4.74 Å². The summed E-state index contributed by atoms with van der Waals surface area (Å²) >= 11 is 15.0. The molecule has 2 N–H and O–H groups in total. The van der Waals surface area contributed by atoms with Gasteiger partial charge in [0.05, 0.1) is 20.0 Å². The van der Waals surface area contributed by atoms with E-state index in [2.05, 4.69) is 36.8 Å². The van der Waals surface area contributed by atoms with E-state index in [0.29, 0.717) is 57.4 Å². The van der Waals surface area contributed by atoms with Crippen LogP contribution >= 0.6 is 54.8 Å². The number of rotatable bonds is 7. The van der Waals surface area contributed by atoms with E-state index in [9.17, 15) is 9.59 Å². The van der Waals surface area contributed by atoms with Gasteiger partial charge in [-0.1, -0.05) is 29.8 Å². The number of aromatic nitrogens is 2. The largest absolute Gasteiger partial charge is 0.488 e. The summed E-state index contributed by atoms with van der Waals surface area (Å²) in [6.45, 7) is 8.51. The third kappa shape index (κ3) is 6.97. The summed E-state index contributed by atoms with van der Waals surface area (Å²) in [6, 6.07) is 11.1. The van der Waals surface area contributed by atoms with Crippen LogP contribution in [0.15, 0.2) is 51.7 Å². The lowest BCUT2D eigenvalue weighted by Gasteiger charge is -2.33. The van der Waals surface area contributed by atoms with Gasteiger partial charge in [0.25, 0.3) is 5.91 Å². The van der Waals surface area contributed by atoms with Gasteiger partial charge in [0.1, 0.15) is 45.5 Å². The van der Waals surface area contributed by atoms with Gasteiger partial charge in [-0.2, -0.15) is 0 Å². The first-order valence-corrected chi connectivity index (χ1v) is 16.4. The molecule has 0 bridgehead atoms. The van der Waals surface area contributed by atoms with Crippen molar-refractivity contribution in [3.63, 3.8) is 0 Å². The average Bonchev–Trinajstić information content (AvgIpc) is 3.55. The number of hydrogen-bond acceptors (Lipinski definition) is 7. The van der Waals surface area contributed by atoms with Gasteiger partial charge in [-0.3, -0.25) is 9.36 Å². The first-order chi connectivity index (χ1) is 20.3. The minimum absolute atomic E-state index is 0.102. The second-order valence-corrected chi connectivity index (χ2v) is 14.3. The Labute approximate surface area is 275 Å². The zero-order valence-corrected chi connectivity index (χ0v) is 28.8. The molecule has 2 aromatic carbocycles. The van der Waals surface area contributed by atoms with E-state index in [0.717, 1.165) is 15.6 Å². The van der Waals surface area contributed by atoms with E-state index >= 15 is 0 Å². The highest BCUT2D eigenvalue weighted by atomic mass is 79.9. The molecule has 1 aliphatic rings. The number of primary amides is 1. The van der Waals surface area contributed by atoms with Crippen LogP contribution in [0.1, 0.15) is 61.9 Å². The van der Waals surface area contributed by atoms with Crippen molar-refractivity contribution in [3.05, 3.63) is 67.1 Å². The van der Waals surface area contributed by atoms with Crippen molar-refractivity contribution in [1.82, 2.24) is 14.5 Å². The predicted octanol–water partition coefficient (Wildman–Crippen LogP) is 8.28. The number of amides is 2. The molecule has 4 aromatic rings. The van der Waals surface area contributed by atoms with E-state index in [1.807, 2.05) is 56.5 Å². The van der Waals surface area contributed by atoms with Crippen LogP contribution in [0.3, 0.4) is 0 Å². The number of fused-ring (bicyclic) bond motifs is 1. The molecule has 0 radical (unpaired) electrons. The van der Waals surface area contributed by atoms with Crippen LogP contribution < -0.4 is 15.2 Å². The Bertz CT molecular complexity index is 1680. The number of likely N-dealkylation sites (tertiary alicyclic amines) is 1. The molecule has 5 rings (SSSR count). The number of thiophene rings is 1. The maximum Gasteiger partial charge on any atom is 0.410 e. The molecule has 1 saturated heterocycles. The number of carbonyl (C=O) groups excluding carboxylic acids is 2. The average molecular weight is 755 g/mol. The number of halogens is 3. The highest BCUT2D eigenvalue weighted by Gasteiger charge is 2.29. The number of nitrogens with zero attached hydrogens (tertiary/aromatic N) is 3. The zero-order chi connectivity index (χ0) is 31.1. The molecule has 0 saturated carbocycles. The second-order valence-electron chi connectivity index (χ2n) is 11.2. The summed E-state index contributed by atoms with van der Waals surface area (Å²) in [5.41, 5.74) is 7.48. The summed E-state index contributed by atoms with van der Waals surface area (Å²) < 4.78 is 21.5. The Morgan fingerprint density at radius 2 is 1.86 bits per heavy atom. The molecular weight excluding hydrogens is 724 g/mol. The molecule has 1 fully saturated rings. The third-order valence-corrected chi connectivity index (χ3v) is 9.65. The smallest absolute Gasteiger partial charge is 0.410 e. The Morgan fingerprint density at radius 1 is 1.16 bits per heavy atom. The van der Waals surface area contributed by atoms with E-state index in [1.165, 1.54) is 11.3 Å². The van der Waals surface area contributed by atoms with Gasteiger partial charge in [0.15, 0.2) is 0 Å². The normalized spacial score (nSPS) is 15.0. The first kappa shape index (κ1) is 31.6. The number of carbonyl (C=O) groups is 2. The van der Waals surface area contributed by atoms with Crippen molar-refractivity contribution in [3.8, 4) is 16.5 Å². The van der Waals surface area contributed by atoms with Crippen molar-refractivity contribution in [1.29, 1.82) is 0 Å². The van der Waals surface area contributed by atoms with E-state index in [-0.39, 0.29) is 17.1 Å². The summed E-state index contributed by atoms with van der Waals surface area (Å²) in [5.74, 6) is 0.397. The van der Waals surface area contributed by atoms with Gasteiger partial charge in [0.2, 0.25) is 0 Å². The Morgan fingerprint density at radius 3 is 2.51 bits per heavy atom. The van der Waals surface area contributed by atoms with Gasteiger partial charge in [-0.15, -0.1) is 11.3 Å². The summed E-state index contributed by atoms with van der Waals surface area (Å²) in [4.78, 5) is 31.5. The summed E-state index contributed by atoms with van der Waals surface area (Å²) in [7, 11) is 0. The maximum atomic E-state index is 12.5. The fourth-order valence-corrected chi connectivity index (χ4v) is 7.49. The number of ether oxygens (including phenoxy) is 3. The van der Waals surface area contributed by atoms with Crippen LogP contribution in [0.4, 0.5) is 4.79 Å². The molecule has 13 heteroatoms. The number of piperidine rings is 1. The maximum absolute atomic E-state index is 12.5. The van der Waals surface area contributed by atoms with Crippen molar-refractivity contribution in [2.45, 2.75) is 58.3 Å². The third-order valence-electron chi connectivity index (χ3n) is 6.85. The zero-order valence-electron chi connectivity index (χ0n) is 24.0. The van der Waals surface area contributed by atoms with Crippen molar-refractivity contribution >= 4 is 77.8 Å². The number of nitrogens with two attached hydrogens (primary N) is 1. The van der Waals surface area contributed by atoms with Gasteiger partial charge < -0.3 is 24.8 Å². The number of hydrogen-bond donors (Lipinski definition) is 1. The van der Waals surface area contributed by atoms with Crippen molar-refractivity contribution in [2.75, 3.05) is 13.1 Å². The van der Waals surface area contributed by atoms with Crippen LogP contribution in [0.25, 0.3) is 16.0 Å². The quantitative estimate of drug-likeness (QED) is 0.204. The van der Waals surface area contributed by atoms with E-state index in [4.69, 9.17) is 31.5 Å². The molecule has 2 amide bonds. The summed E-state index contributed by atoms with van der Waals surface area (Å²) in [6.07, 6.45) is 2.17. The lowest BCUT2D eigenvalue weighted by Crippen LogP contribution is -2.44. The Kier molecular flexibility index (Phi) is 9.31. The van der Waals surface area contributed by atoms with E-state index < -0.39 is 17.6 Å². The fourth-order valence-electron chi connectivity index (χ4n) is 4.81. The molecular formula is C30H31Br2ClN4O5S. The molecule has 228 valence electrons. The topological polar surface area (TPSA) is 109 Å². The van der Waals surface area contributed by atoms with Gasteiger partial charge in [-0.25, -0.2) is 9.78 Å². The highest BCUT2D eigenvalue weighted by molar-refractivity contribution is 9.11. The lowest BCUT2D eigenvalue weighted by molar-refractivity contribution is 0.0125. The van der Waals surface area contributed by atoms with Crippen LogP contribution in [0.2, 0.25) is 5.02 Å². The minimum Gasteiger partial charge on any atom is -0.488 e. The molecule has 1 atom stereocenters. The number of benzene rings is 2. The fraction of sp³-hybridized carbons (Fsp3) is 0.367. The Balaban J connectivity index is 1.40. The van der Waals surface area contributed by atoms with Gasteiger partial charge in [-0.05, 0) is 71.7 Å². The highest BCUT2D eigenvalue weighted by Crippen LogP contribution is 2.43. The molecule has 2 aromatic heterocycles. The SMILES string of the molecule is C[C@@H](Oc1cc(-n2cnc3cc(Br)c(OC4CCN(C(=O)OC(C)(C)C)CC4)c(Br)c32)sc1C(N)=O)c1ccccc1Cl. The lowest BCUT2D eigenvalue weighted by atomic mass is 10.1. The van der Waals surface area contributed by atoms with Crippen LogP contribution in [-0.4, -0.2) is 51.2 Å². The molecule has 3 heterocycles. The van der Waals surface area contributed by atoms with Gasteiger partial charge in [0, 0.05) is 42.6 Å². The molecule has 0 spiro atoms. The molecule has 0 aliphatic carbocycles. The van der Waals surface area contributed by atoms with Crippen LogP contribution in [0, 0.1) is 0 Å². The Hall–Kier alpha value is -2.80. The molecule has 43 heavy (non-hydrogen) atoms. The molecule has 9 nitrogen and oxygen atoms in total. The predicted molar refractivity (Wildman–Crippen MR) is 175 cm³/mol. The van der Waals surface area contributed by atoms with Gasteiger partial charge >= 0.3 is 6.09 Å². The summed E-state index contributed by atoms with van der Waals surface area (Å²) in [5, 5.41) is 1.27. The monoisotopic (exact) mass is 752 g/mol. The van der Waals surface area contributed by atoms with Crippen LogP contribution in [0.5, 0.6) is 11.5 Å². The molecule has 1 aliphatic heterocycles. The first-order valence-electron chi connectivity index (χ1n) is 13.7. The molecule has 0 unspecified atom stereocenters. The second kappa shape index (κ2) is 12.7. The van der Waals surface area contributed by atoms with Crippen molar-refractivity contribution in [2.24, 2.45) is 5.73 Å². The standard InChI is InChI=1S/C30H31Br2ClN4O5S/c1-16(18-7-5-6-8-20(18)33)40-22-14-23(43-27(22)28(34)38)37-15-35-21-13-19(31)26(24(32)25(21)37)41-17-9-11-36(12-10-17)29(39)42-30(2,3)4/h5-8,13-17H,9-12H2,1-4H3,(H2,34,38)/t16-/m1/s1. The van der Waals surface area contributed by atoms with E-state index in [1.54, 1.807) is 23.4 Å². The number of imidazole rings is 1. The van der Waals surface area contributed by atoms with Crippen molar-refractivity contribution < 1.29 is 23.8 Å². The minimum atomic E-state index is -0.592.